The summed E-state index contributed by atoms with van der Waals surface area (Å²) in [5, 5.41) is 7.98. The zero-order valence-electron chi connectivity index (χ0n) is 21.2. The van der Waals surface area contributed by atoms with E-state index in [1.165, 1.54) is 74.1 Å². The first-order valence-corrected chi connectivity index (χ1v) is 13.8. The molecule has 0 radical (unpaired) electrons. The quantitative estimate of drug-likeness (QED) is 0.287. The van der Waals surface area contributed by atoms with Crippen LogP contribution in [0.5, 0.6) is 0 Å². The number of rotatable bonds is 6. The van der Waals surface area contributed by atoms with E-state index in [1.807, 2.05) is 18.2 Å². The molecule has 9 heteroatoms. The van der Waals surface area contributed by atoms with E-state index in [2.05, 4.69) is 64.2 Å². The summed E-state index contributed by atoms with van der Waals surface area (Å²) in [4.78, 5) is 17.0. The topological polar surface area (TPSA) is 82.3 Å². The fourth-order valence-corrected chi connectivity index (χ4v) is 6.17. The lowest BCUT2D eigenvalue weighted by atomic mass is 9.97. The zero-order chi connectivity index (χ0) is 24.8. The van der Waals surface area contributed by atoms with Crippen LogP contribution in [0.2, 0.25) is 0 Å². The summed E-state index contributed by atoms with van der Waals surface area (Å²) in [6.45, 7) is 4.74. The summed E-state index contributed by atoms with van der Waals surface area (Å²) in [5.74, 6) is 0.877. The van der Waals surface area contributed by atoms with Crippen LogP contribution in [0.1, 0.15) is 36.1 Å². The molecule has 1 aliphatic heterocycles. The number of nitrogen functional groups attached to an aromatic ring is 1. The van der Waals surface area contributed by atoms with Crippen LogP contribution in [0.25, 0.3) is 10.2 Å². The van der Waals surface area contributed by atoms with Gasteiger partial charge in [0.25, 0.3) is 0 Å². The molecule has 0 saturated carbocycles. The highest BCUT2D eigenvalue weighted by molar-refractivity contribution is 7.80. The van der Waals surface area contributed by atoms with E-state index >= 15 is 0 Å². The van der Waals surface area contributed by atoms with Crippen molar-refractivity contribution in [3.8, 4) is 0 Å². The van der Waals surface area contributed by atoms with Crippen molar-refractivity contribution >= 4 is 51.4 Å². The number of nitrogens with one attached hydrogen (secondary N) is 2. The van der Waals surface area contributed by atoms with Gasteiger partial charge in [-0.05, 0) is 96.5 Å². The SMILES string of the molecule is CN(C)CCN(C)C1CCNCC1.Nc1ccc(Nc2ncnc3sc4c(c23)CCCC4)cc1S. The first kappa shape index (κ1) is 26.2. The van der Waals surface area contributed by atoms with Gasteiger partial charge in [0.1, 0.15) is 17.0 Å². The largest absolute Gasteiger partial charge is 0.398 e. The van der Waals surface area contributed by atoms with Gasteiger partial charge >= 0.3 is 0 Å². The highest BCUT2D eigenvalue weighted by atomic mass is 32.1. The number of nitrogens with two attached hydrogens (primary N) is 1. The second kappa shape index (κ2) is 12.4. The Morgan fingerprint density at radius 3 is 2.63 bits per heavy atom. The van der Waals surface area contributed by atoms with Crippen LogP contribution in [-0.4, -0.2) is 73.1 Å². The van der Waals surface area contributed by atoms with Gasteiger partial charge in [-0.2, -0.15) is 0 Å². The van der Waals surface area contributed by atoms with Crippen molar-refractivity contribution in [3.05, 3.63) is 35.0 Å². The highest BCUT2D eigenvalue weighted by Crippen LogP contribution is 2.39. The van der Waals surface area contributed by atoms with Crippen molar-refractivity contribution in [2.45, 2.75) is 49.5 Å². The number of thiol groups is 1. The number of anilines is 3. The molecule has 7 nitrogen and oxygen atoms in total. The predicted octanol–water partition coefficient (Wildman–Crippen LogP) is 4.42. The first-order valence-electron chi connectivity index (χ1n) is 12.6. The minimum absolute atomic E-state index is 0.676. The predicted molar refractivity (Wildman–Crippen MR) is 153 cm³/mol. The Hall–Kier alpha value is -1.91. The molecule has 2 aromatic heterocycles. The van der Waals surface area contributed by atoms with Gasteiger partial charge in [0.15, 0.2) is 0 Å². The number of piperidine rings is 1. The van der Waals surface area contributed by atoms with Gasteiger partial charge in [-0.1, -0.05) is 0 Å². The second-order valence-corrected chi connectivity index (χ2v) is 11.3. The lowest BCUT2D eigenvalue weighted by Gasteiger charge is -2.32. The molecule has 190 valence electrons. The van der Waals surface area contributed by atoms with E-state index in [-0.39, 0.29) is 0 Å². The molecule has 0 atom stereocenters. The zero-order valence-corrected chi connectivity index (χ0v) is 22.9. The summed E-state index contributed by atoms with van der Waals surface area (Å²) >= 11 is 6.18. The van der Waals surface area contributed by atoms with Gasteiger partial charge in [-0.3, -0.25) is 0 Å². The van der Waals surface area contributed by atoms with Gasteiger partial charge in [0.05, 0.1) is 5.39 Å². The van der Waals surface area contributed by atoms with Gasteiger partial charge in [0.2, 0.25) is 0 Å². The summed E-state index contributed by atoms with van der Waals surface area (Å²) < 4.78 is 0. The summed E-state index contributed by atoms with van der Waals surface area (Å²) in [6.07, 6.45) is 9.06. The molecule has 0 bridgehead atoms. The number of nitrogens with zero attached hydrogens (tertiary/aromatic N) is 4. The fraction of sp³-hybridized carbons (Fsp3) is 0.538. The van der Waals surface area contributed by atoms with E-state index in [9.17, 15) is 0 Å². The Morgan fingerprint density at radius 1 is 1.11 bits per heavy atom. The molecule has 1 aromatic carbocycles. The third kappa shape index (κ3) is 6.86. The number of thiophene rings is 1. The van der Waals surface area contributed by atoms with Gasteiger partial charge in [-0.15, -0.1) is 24.0 Å². The smallest absolute Gasteiger partial charge is 0.142 e. The molecule has 35 heavy (non-hydrogen) atoms. The maximum atomic E-state index is 5.82. The summed E-state index contributed by atoms with van der Waals surface area (Å²) in [6, 6.07) is 6.53. The number of fused-ring (bicyclic) bond motifs is 3. The Balaban J connectivity index is 0.000000191. The normalized spacial score (nSPS) is 16.3. The number of aryl methyl sites for hydroxylation is 2. The van der Waals surface area contributed by atoms with Crippen LogP contribution in [-0.2, 0) is 12.8 Å². The minimum Gasteiger partial charge on any atom is -0.398 e. The standard InChI is InChI=1S/C16H16N4S2.C10H23N3/c17-11-6-5-9(7-12(11)21)20-15-14-10-3-1-2-4-13(10)22-16(14)19-8-18-15;1-12(2)8-9-13(3)10-4-6-11-7-5-10/h5-8,21H,1-4,17H2,(H,18,19,20);10-11H,4-9H2,1-3H3. The van der Waals surface area contributed by atoms with E-state index in [0.29, 0.717) is 5.69 Å². The van der Waals surface area contributed by atoms with Crippen molar-refractivity contribution in [2.24, 2.45) is 0 Å². The lowest BCUT2D eigenvalue weighted by Crippen LogP contribution is -2.43. The molecule has 2 aliphatic rings. The fourth-order valence-electron chi connectivity index (χ4n) is 4.73. The van der Waals surface area contributed by atoms with Crippen LogP contribution < -0.4 is 16.4 Å². The van der Waals surface area contributed by atoms with Crippen LogP contribution in [0.15, 0.2) is 29.4 Å². The summed E-state index contributed by atoms with van der Waals surface area (Å²) in [7, 11) is 6.52. The lowest BCUT2D eigenvalue weighted by molar-refractivity contribution is 0.183. The molecule has 3 aromatic rings. The monoisotopic (exact) mass is 513 g/mol. The second-order valence-electron chi connectivity index (χ2n) is 9.78. The maximum absolute atomic E-state index is 5.82. The Kier molecular flexibility index (Phi) is 9.24. The Morgan fingerprint density at radius 2 is 1.89 bits per heavy atom. The van der Waals surface area contributed by atoms with Crippen LogP contribution in [0.4, 0.5) is 17.2 Å². The third-order valence-electron chi connectivity index (χ3n) is 6.88. The molecular weight excluding hydrogens is 474 g/mol. The van der Waals surface area contributed by atoms with E-state index < -0.39 is 0 Å². The van der Waals surface area contributed by atoms with E-state index in [4.69, 9.17) is 5.73 Å². The van der Waals surface area contributed by atoms with Gasteiger partial charge in [-0.25, -0.2) is 9.97 Å². The highest BCUT2D eigenvalue weighted by Gasteiger charge is 2.20. The Labute approximate surface area is 218 Å². The molecule has 1 fully saturated rings. The minimum atomic E-state index is 0.676. The molecule has 4 N–H and O–H groups in total. The number of hydrogen-bond acceptors (Lipinski definition) is 9. The van der Waals surface area contributed by atoms with E-state index in [1.54, 1.807) is 17.7 Å². The van der Waals surface area contributed by atoms with Crippen LogP contribution in [0.3, 0.4) is 0 Å². The molecule has 5 rings (SSSR count). The van der Waals surface area contributed by atoms with Crippen molar-refractivity contribution in [2.75, 3.05) is 58.4 Å². The molecule has 1 aliphatic carbocycles. The molecule has 1 saturated heterocycles. The van der Waals surface area contributed by atoms with Crippen LogP contribution >= 0.6 is 24.0 Å². The number of likely N-dealkylation sites (N-methyl/N-ethyl adjacent to an activating group) is 2. The maximum Gasteiger partial charge on any atom is 0.142 e. The molecule has 3 heterocycles. The first-order chi connectivity index (χ1) is 16.9. The summed E-state index contributed by atoms with van der Waals surface area (Å²) in [5.41, 5.74) is 8.86. The Bertz CT molecular complexity index is 1110. The molecule has 0 amide bonds. The molecule has 0 spiro atoms. The van der Waals surface area contributed by atoms with Crippen molar-refractivity contribution in [1.82, 2.24) is 25.1 Å². The van der Waals surface area contributed by atoms with Crippen molar-refractivity contribution in [3.63, 3.8) is 0 Å². The van der Waals surface area contributed by atoms with E-state index in [0.717, 1.165) is 33.7 Å². The van der Waals surface area contributed by atoms with Gasteiger partial charge < -0.3 is 26.2 Å². The van der Waals surface area contributed by atoms with Crippen molar-refractivity contribution in [1.29, 1.82) is 0 Å². The molecule has 0 unspecified atom stereocenters. The third-order valence-corrected chi connectivity index (χ3v) is 8.46. The van der Waals surface area contributed by atoms with Gasteiger partial charge in [0, 0.05) is 40.3 Å². The number of benzene rings is 1. The molecular formula is C26H39N7S2. The number of hydrogen-bond donors (Lipinski definition) is 4. The van der Waals surface area contributed by atoms with Crippen molar-refractivity contribution < 1.29 is 0 Å². The number of aromatic nitrogens is 2. The average molecular weight is 514 g/mol. The van der Waals surface area contributed by atoms with Crippen LogP contribution in [0, 0.1) is 0 Å². The average Bonchev–Trinajstić information content (AvgIpc) is 3.25.